The monoisotopic (exact) mass is 349 g/mol. The minimum absolute atomic E-state index is 0.0419. The van der Waals surface area contributed by atoms with Gasteiger partial charge in [0, 0.05) is 0 Å². The Balaban J connectivity index is 1.83. The number of aryl methyl sites for hydroxylation is 1. The van der Waals surface area contributed by atoms with Crippen LogP contribution < -0.4 is 21.2 Å². The second-order valence-electron chi connectivity index (χ2n) is 4.35. The Morgan fingerprint density at radius 1 is 0.944 bits per heavy atom. The van der Waals surface area contributed by atoms with Gasteiger partial charge in [-0.05, 0) is 43.0 Å². The predicted molar refractivity (Wildman–Crippen MR) is 73.7 cm³/mol. The summed E-state index contributed by atoms with van der Waals surface area (Å²) in [6, 6.07) is 21.5. The maximum Gasteiger partial charge on any atom is 0.349 e. The van der Waals surface area contributed by atoms with E-state index in [9.17, 15) is 0 Å². The lowest BCUT2D eigenvalue weighted by Crippen LogP contribution is -3.59. The Labute approximate surface area is 120 Å². The van der Waals surface area contributed by atoms with Crippen LogP contribution in [0.5, 0.6) is 0 Å². The van der Waals surface area contributed by atoms with Crippen LogP contribution in [0.15, 0.2) is 70.3 Å². The third-order valence-corrected chi connectivity index (χ3v) is 5.56. The summed E-state index contributed by atoms with van der Waals surface area (Å²) in [5.41, 5.74) is 2.96. The molecule has 2 aromatic carbocycles. The zero-order chi connectivity index (χ0) is 12.6. The van der Waals surface area contributed by atoms with Gasteiger partial charge in [-0.15, -0.1) is 0 Å². The molecule has 0 radical (unpaired) electrons. The molecular formula is C17H18I+. The molecule has 0 fully saturated rings. The molecule has 92 valence electrons. The molecule has 2 rings (SSSR count). The van der Waals surface area contributed by atoms with Crippen LogP contribution in [0, 0.1) is 3.57 Å². The first-order valence-electron chi connectivity index (χ1n) is 6.22. The number of allylic oxidation sites excluding steroid dienone is 1. The molecule has 18 heavy (non-hydrogen) atoms. The summed E-state index contributed by atoms with van der Waals surface area (Å²) < 4.78 is 3.95. The Bertz CT molecular complexity index is 486. The molecule has 0 bridgehead atoms. The van der Waals surface area contributed by atoms with Gasteiger partial charge in [-0.1, -0.05) is 48.5 Å². The van der Waals surface area contributed by atoms with Gasteiger partial charge in [-0.2, -0.15) is 0 Å². The Kier molecular flexibility index (Phi) is 5.46. The average Bonchev–Trinajstić information content (AvgIpc) is 2.45. The number of halogens is 1. The molecule has 0 N–H and O–H groups in total. The smallest absolute Gasteiger partial charge is 0.0622 e. The van der Waals surface area contributed by atoms with Crippen molar-refractivity contribution in [3.63, 3.8) is 0 Å². The first kappa shape index (κ1) is 13.3. The van der Waals surface area contributed by atoms with Crippen molar-refractivity contribution in [1.82, 2.24) is 0 Å². The van der Waals surface area contributed by atoms with Crippen molar-refractivity contribution >= 4 is 0 Å². The summed E-state index contributed by atoms with van der Waals surface area (Å²) in [4.78, 5) is 0. The quantitative estimate of drug-likeness (QED) is 0.718. The Morgan fingerprint density at radius 3 is 2.22 bits per heavy atom. The first-order chi connectivity index (χ1) is 8.84. The van der Waals surface area contributed by atoms with Gasteiger partial charge in [-0.3, -0.25) is 0 Å². The highest BCUT2D eigenvalue weighted by Crippen LogP contribution is 2.06. The summed E-state index contributed by atoms with van der Waals surface area (Å²) >= 11 is 0.0419. The number of hydrogen-bond acceptors (Lipinski definition) is 0. The van der Waals surface area contributed by atoms with E-state index in [2.05, 4.69) is 71.7 Å². The van der Waals surface area contributed by atoms with Crippen molar-refractivity contribution < 1.29 is 21.2 Å². The van der Waals surface area contributed by atoms with Crippen LogP contribution in [0.2, 0.25) is 0 Å². The van der Waals surface area contributed by atoms with Crippen LogP contribution in [-0.4, -0.2) is 0 Å². The lowest BCUT2D eigenvalue weighted by Gasteiger charge is -1.99. The molecule has 0 saturated heterocycles. The van der Waals surface area contributed by atoms with Crippen LogP contribution in [0.1, 0.15) is 18.9 Å². The van der Waals surface area contributed by atoms with Crippen molar-refractivity contribution in [1.29, 1.82) is 0 Å². The topological polar surface area (TPSA) is 0 Å². The van der Waals surface area contributed by atoms with Crippen LogP contribution in [0.25, 0.3) is 0 Å². The molecule has 0 atom stereocenters. The first-order valence-corrected chi connectivity index (χ1v) is 8.55. The molecular weight excluding hydrogens is 331 g/mol. The van der Waals surface area contributed by atoms with Gasteiger partial charge >= 0.3 is 21.2 Å². The molecule has 2 aromatic rings. The zero-order valence-corrected chi connectivity index (χ0v) is 12.8. The summed E-state index contributed by atoms with van der Waals surface area (Å²) in [5.74, 6) is 0. The van der Waals surface area contributed by atoms with Crippen LogP contribution in [0.4, 0.5) is 0 Å². The zero-order valence-electron chi connectivity index (χ0n) is 10.6. The molecule has 0 aromatic heterocycles. The van der Waals surface area contributed by atoms with E-state index in [1.54, 1.807) is 0 Å². The van der Waals surface area contributed by atoms with Gasteiger partial charge in [-0.25, -0.2) is 0 Å². The highest BCUT2D eigenvalue weighted by molar-refractivity contribution is 5.16. The summed E-state index contributed by atoms with van der Waals surface area (Å²) in [7, 11) is 0. The lowest BCUT2D eigenvalue weighted by molar-refractivity contribution is -0.557. The molecule has 0 aliphatic heterocycles. The molecule has 0 aliphatic rings. The summed E-state index contributed by atoms with van der Waals surface area (Å²) in [6.45, 7) is 2.26. The van der Waals surface area contributed by atoms with Gasteiger partial charge in [0.1, 0.15) is 0 Å². The van der Waals surface area contributed by atoms with Gasteiger partial charge in [0.25, 0.3) is 0 Å². The highest BCUT2D eigenvalue weighted by atomic mass is 127. The van der Waals surface area contributed by atoms with E-state index in [1.807, 2.05) is 0 Å². The van der Waals surface area contributed by atoms with E-state index in [-0.39, 0.29) is 21.2 Å². The van der Waals surface area contributed by atoms with Crippen LogP contribution in [-0.2, 0) is 6.42 Å². The largest absolute Gasteiger partial charge is 0.349 e. The molecule has 0 amide bonds. The Hall–Kier alpha value is -1.09. The van der Waals surface area contributed by atoms with Gasteiger partial charge < -0.3 is 0 Å². The number of hydrogen-bond donors (Lipinski definition) is 0. The molecule has 0 unspecified atom stereocenters. The predicted octanol–water partition coefficient (Wildman–Crippen LogP) is 1.48. The fourth-order valence-electron chi connectivity index (χ4n) is 1.68. The highest BCUT2D eigenvalue weighted by Gasteiger charge is 2.07. The second kappa shape index (κ2) is 7.37. The van der Waals surface area contributed by atoms with Crippen molar-refractivity contribution in [2.45, 2.75) is 19.8 Å². The summed E-state index contributed by atoms with van der Waals surface area (Å²) in [6.07, 6.45) is 2.33. The van der Waals surface area contributed by atoms with E-state index < -0.39 is 0 Å². The Morgan fingerprint density at radius 2 is 1.56 bits per heavy atom. The number of rotatable bonds is 5. The molecule has 0 aliphatic carbocycles. The third kappa shape index (κ3) is 4.65. The van der Waals surface area contributed by atoms with Crippen molar-refractivity contribution in [2.24, 2.45) is 0 Å². The van der Waals surface area contributed by atoms with Gasteiger partial charge in [0.15, 0.2) is 7.65 Å². The van der Waals surface area contributed by atoms with Crippen molar-refractivity contribution in [2.75, 3.05) is 0 Å². The van der Waals surface area contributed by atoms with Crippen LogP contribution in [0.3, 0.4) is 0 Å². The van der Waals surface area contributed by atoms with E-state index in [0.717, 1.165) is 6.42 Å². The molecule has 0 saturated carbocycles. The van der Waals surface area contributed by atoms with E-state index in [1.165, 1.54) is 21.1 Å². The fraction of sp³-hybridized carbons (Fsp3) is 0.176. The number of benzene rings is 2. The third-order valence-electron chi connectivity index (χ3n) is 2.75. The lowest BCUT2D eigenvalue weighted by atomic mass is 10.1. The van der Waals surface area contributed by atoms with Gasteiger partial charge in [0.05, 0.1) is 0 Å². The second-order valence-corrected chi connectivity index (χ2v) is 6.84. The normalized spacial score (nSPS) is 11.5. The SMILES string of the molecule is C/C(=C\[I+]c1ccccc1)CCc1ccccc1. The molecule has 0 nitrogen and oxygen atoms in total. The maximum absolute atomic E-state index is 2.46. The van der Waals surface area contributed by atoms with E-state index in [0.29, 0.717) is 0 Å². The minimum atomic E-state index is 0.0419. The van der Waals surface area contributed by atoms with Crippen LogP contribution >= 0.6 is 0 Å². The minimum Gasteiger partial charge on any atom is -0.0622 e. The fourth-order valence-corrected chi connectivity index (χ4v) is 3.72. The van der Waals surface area contributed by atoms with Gasteiger partial charge in [0.2, 0.25) is 0 Å². The van der Waals surface area contributed by atoms with Crippen molar-refractivity contribution in [3.05, 3.63) is 79.5 Å². The maximum atomic E-state index is 2.46. The van der Waals surface area contributed by atoms with Crippen molar-refractivity contribution in [3.8, 4) is 0 Å². The average molecular weight is 349 g/mol. The summed E-state index contributed by atoms with van der Waals surface area (Å²) in [5, 5.41) is 0. The molecule has 1 heteroatoms. The van der Waals surface area contributed by atoms with E-state index in [4.69, 9.17) is 0 Å². The molecule has 0 spiro atoms. The standard InChI is InChI=1S/C17H18I/c1-15(12-13-16-8-4-2-5-9-16)14-18-17-10-6-3-7-11-17/h2-11,14H,12-13H2,1H3/q+1/b15-14+. The van der Waals surface area contributed by atoms with E-state index >= 15 is 0 Å². The molecule has 0 heterocycles.